The fraction of sp³-hybridized carbons (Fsp3) is 0.375. The molecule has 5 rings (SSSR count). The Morgan fingerprint density at radius 1 is 1.29 bits per heavy atom. The number of nitriles is 1. The summed E-state index contributed by atoms with van der Waals surface area (Å²) in [6, 6.07) is 15.8. The summed E-state index contributed by atoms with van der Waals surface area (Å²) < 4.78 is 9.13. The number of hydrogen-bond acceptors (Lipinski definition) is 4. The molecule has 1 spiro atoms. The highest BCUT2D eigenvalue weighted by molar-refractivity contribution is 9.10. The predicted octanol–water partition coefficient (Wildman–Crippen LogP) is 5.25. The van der Waals surface area contributed by atoms with E-state index in [1.165, 1.54) is 0 Å². The molecule has 2 aromatic carbocycles. The number of ether oxygens (including phenoxy) is 1. The zero-order valence-electron chi connectivity index (χ0n) is 17.1. The number of amides is 1. The monoisotopic (exact) mass is 478 g/mol. The lowest BCUT2D eigenvalue weighted by Gasteiger charge is -2.36. The van der Waals surface area contributed by atoms with E-state index < -0.39 is 5.60 Å². The van der Waals surface area contributed by atoms with Crippen molar-refractivity contribution in [3.05, 3.63) is 64.4 Å². The van der Waals surface area contributed by atoms with Gasteiger partial charge in [0.05, 0.1) is 35.5 Å². The first-order valence-corrected chi connectivity index (χ1v) is 11.4. The SMILES string of the molecule is N#Cc1ccc2ncn(C[C@H]3CCC[C@]4(C3)CN(Cc3cccc(Br)c3)C(=O)O4)c2c1. The van der Waals surface area contributed by atoms with Crippen LogP contribution in [0.5, 0.6) is 0 Å². The average Bonchev–Trinajstić information content (AvgIpc) is 3.28. The molecule has 158 valence electrons. The Bertz CT molecular complexity index is 1180. The van der Waals surface area contributed by atoms with Crippen molar-refractivity contribution >= 4 is 33.1 Å². The minimum atomic E-state index is -0.403. The quantitative estimate of drug-likeness (QED) is 0.513. The third kappa shape index (κ3) is 4.05. The molecule has 2 heterocycles. The van der Waals surface area contributed by atoms with Crippen LogP contribution in [0.15, 0.2) is 53.3 Å². The molecule has 6 nitrogen and oxygen atoms in total. The lowest BCUT2D eigenvalue weighted by atomic mass is 9.78. The largest absolute Gasteiger partial charge is 0.441 e. The molecular weight excluding hydrogens is 456 g/mol. The molecule has 3 aromatic rings. The van der Waals surface area contributed by atoms with Crippen molar-refractivity contribution in [3.8, 4) is 6.07 Å². The van der Waals surface area contributed by atoms with Crippen LogP contribution in [0.3, 0.4) is 0 Å². The van der Waals surface area contributed by atoms with Crippen molar-refractivity contribution in [1.29, 1.82) is 5.26 Å². The van der Waals surface area contributed by atoms with Gasteiger partial charge in [-0.05, 0) is 67.5 Å². The number of aromatic nitrogens is 2. The lowest BCUT2D eigenvalue weighted by molar-refractivity contribution is 0.00415. The Labute approximate surface area is 189 Å². The van der Waals surface area contributed by atoms with Gasteiger partial charge >= 0.3 is 6.09 Å². The molecule has 0 bridgehead atoms. The molecule has 0 unspecified atom stereocenters. The topological polar surface area (TPSA) is 71.2 Å². The summed E-state index contributed by atoms with van der Waals surface area (Å²) in [5.41, 5.74) is 3.21. The molecule has 0 radical (unpaired) electrons. The maximum atomic E-state index is 12.7. The molecule has 1 aromatic heterocycles. The van der Waals surface area contributed by atoms with Gasteiger partial charge in [-0.1, -0.05) is 28.1 Å². The van der Waals surface area contributed by atoms with Crippen LogP contribution in [-0.4, -0.2) is 32.7 Å². The Morgan fingerprint density at radius 3 is 3.03 bits per heavy atom. The molecule has 7 heteroatoms. The molecule has 1 saturated heterocycles. The first kappa shape index (κ1) is 20.1. The Morgan fingerprint density at radius 2 is 2.19 bits per heavy atom. The minimum absolute atomic E-state index is 0.215. The average molecular weight is 479 g/mol. The number of imidazole rings is 1. The van der Waals surface area contributed by atoms with Crippen molar-refractivity contribution in [3.63, 3.8) is 0 Å². The first-order valence-electron chi connectivity index (χ1n) is 10.6. The van der Waals surface area contributed by atoms with Gasteiger partial charge in [0.2, 0.25) is 0 Å². The van der Waals surface area contributed by atoms with Gasteiger partial charge in [0, 0.05) is 17.6 Å². The maximum absolute atomic E-state index is 12.7. The zero-order chi connectivity index (χ0) is 21.4. The van der Waals surface area contributed by atoms with Gasteiger partial charge in [-0.3, -0.25) is 4.90 Å². The highest BCUT2D eigenvalue weighted by Gasteiger charge is 2.47. The first-order chi connectivity index (χ1) is 15.0. The summed E-state index contributed by atoms with van der Waals surface area (Å²) in [5, 5.41) is 9.22. The number of carbonyl (C=O) groups excluding carboxylic acids is 1. The number of fused-ring (bicyclic) bond motifs is 1. The number of halogens is 1. The standard InChI is InChI=1S/C24H23BrN4O2/c25-20-5-1-3-18(9-20)13-28-15-24(31-23(28)30)8-2-4-19(11-24)14-29-16-27-21-7-6-17(12-26)10-22(21)29/h1,3,5-7,9-10,16,19H,2,4,8,11,13-15H2/t19-,24-/m0/s1. The van der Waals surface area contributed by atoms with Crippen LogP contribution in [0.4, 0.5) is 4.79 Å². The molecule has 1 saturated carbocycles. The third-order valence-electron chi connectivity index (χ3n) is 6.41. The van der Waals surface area contributed by atoms with Crippen molar-refractivity contribution < 1.29 is 9.53 Å². The molecular formula is C24H23BrN4O2. The second-order valence-corrected chi connectivity index (χ2v) is 9.63. The number of rotatable bonds is 4. The van der Waals surface area contributed by atoms with Crippen LogP contribution in [0.25, 0.3) is 11.0 Å². The summed E-state index contributed by atoms with van der Waals surface area (Å²) in [7, 11) is 0. The van der Waals surface area contributed by atoms with Crippen LogP contribution in [-0.2, 0) is 17.8 Å². The fourth-order valence-corrected chi connectivity index (χ4v) is 5.50. The van der Waals surface area contributed by atoms with Crippen LogP contribution < -0.4 is 0 Å². The number of hydrogen-bond donors (Lipinski definition) is 0. The van der Waals surface area contributed by atoms with Gasteiger partial charge in [0.15, 0.2) is 0 Å². The van der Waals surface area contributed by atoms with Crippen molar-refractivity contribution in [2.45, 2.75) is 44.4 Å². The van der Waals surface area contributed by atoms with Crippen LogP contribution in [0.2, 0.25) is 0 Å². The zero-order valence-corrected chi connectivity index (χ0v) is 18.7. The molecule has 1 aliphatic heterocycles. The predicted molar refractivity (Wildman–Crippen MR) is 120 cm³/mol. The summed E-state index contributed by atoms with van der Waals surface area (Å²) in [5.74, 6) is 0.399. The minimum Gasteiger partial charge on any atom is -0.441 e. The maximum Gasteiger partial charge on any atom is 0.410 e. The normalized spacial score (nSPS) is 23.3. The van der Waals surface area contributed by atoms with E-state index in [2.05, 4.69) is 31.6 Å². The van der Waals surface area contributed by atoms with Gasteiger partial charge in [-0.25, -0.2) is 9.78 Å². The molecule has 2 aliphatic rings. The van der Waals surface area contributed by atoms with Crippen LogP contribution in [0.1, 0.15) is 36.8 Å². The summed E-state index contributed by atoms with van der Waals surface area (Å²) >= 11 is 3.50. The lowest BCUT2D eigenvalue weighted by Crippen LogP contribution is -2.40. The van der Waals surface area contributed by atoms with Crippen molar-refractivity contribution in [2.24, 2.45) is 5.92 Å². The van der Waals surface area contributed by atoms with Crippen LogP contribution >= 0.6 is 15.9 Å². The van der Waals surface area contributed by atoms with E-state index in [1.807, 2.05) is 47.6 Å². The van der Waals surface area contributed by atoms with Crippen LogP contribution in [0, 0.1) is 17.2 Å². The number of nitrogens with zero attached hydrogens (tertiary/aromatic N) is 4. The molecule has 1 amide bonds. The van der Waals surface area contributed by atoms with Crippen molar-refractivity contribution in [2.75, 3.05) is 6.54 Å². The highest BCUT2D eigenvalue weighted by Crippen LogP contribution is 2.41. The summed E-state index contributed by atoms with van der Waals surface area (Å²) in [6.07, 6.45) is 5.54. The van der Waals surface area contributed by atoms with E-state index >= 15 is 0 Å². The van der Waals surface area contributed by atoms with E-state index in [0.29, 0.717) is 24.6 Å². The van der Waals surface area contributed by atoms with E-state index in [1.54, 1.807) is 6.07 Å². The molecule has 1 aliphatic carbocycles. The Kier molecular flexibility index (Phi) is 5.19. The smallest absolute Gasteiger partial charge is 0.410 e. The fourth-order valence-electron chi connectivity index (χ4n) is 5.06. The Balaban J connectivity index is 1.30. The number of carbonyl (C=O) groups is 1. The van der Waals surface area contributed by atoms with E-state index in [4.69, 9.17) is 4.74 Å². The summed E-state index contributed by atoms with van der Waals surface area (Å²) in [4.78, 5) is 19.0. The molecule has 31 heavy (non-hydrogen) atoms. The second kappa shape index (κ2) is 8.01. The van der Waals surface area contributed by atoms with E-state index in [9.17, 15) is 10.1 Å². The van der Waals surface area contributed by atoms with Crippen molar-refractivity contribution in [1.82, 2.24) is 14.5 Å². The molecule has 2 fully saturated rings. The van der Waals surface area contributed by atoms with Gasteiger partial charge < -0.3 is 9.30 Å². The van der Waals surface area contributed by atoms with E-state index in [0.717, 1.165) is 53.3 Å². The van der Waals surface area contributed by atoms with Gasteiger partial charge in [0.1, 0.15) is 5.60 Å². The van der Waals surface area contributed by atoms with E-state index in [-0.39, 0.29) is 6.09 Å². The van der Waals surface area contributed by atoms with Gasteiger partial charge in [0.25, 0.3) is 0 Å². The second-order valence-electron chi connectivity index (χ2n) is 8.71. The molecule has 2 atom stereocenters. The van der Waals surface area contributed by atoms with Gasteiger partial charge in [-0.2, -0.15) is 5.26 Å². The highest BCUT2D eigenvalue weighted by atomic mass is 79.9. The van der Waals surface area contributed by atoms with Gasteiger partial charge in [-0.15, -0.1) is 0 Å². The molecule has 0 N–H and O–H groups in total. The third-order valence-corrected chi connectivity index (χ3v) is 6.91. The number of benzene rings is 2. The summed E-state index contributed by atoms with van der Waals surface area (Å²) in [6.45, 7) is 2.02. The Hall–Kier alpha value is -2.85.